The molecule has 1 aromatic rings. The molecule has 0 radical (unpaired) electrons. The van der Waals surface area contributed by atoms with Gasteiger partial charge in [-0.25, -0.2) is 0 Å². The van der Waals surface area contributed by atoms with Crippen molar-refractivity contribution in [2.75, 3.05) is 0 Å². The fourth-order valence-corrected chi connectivity index (χ4v) is 1.52. The van der Waals surface area contributed by atoms with E-state index in [1.165, 1.54) is 17.7 Å². The van der Waals surface area contributed by atoms with E-state index in [1.54, 1.807) is 11.8 Å². The fraction of sp³-hybridized carbons (Fsp3) is 0.273. The zero-order valence-electron chi connectivity index (χ0n) is 6.79. The van der Waals surface area contributed by atoms with Gasteiger partial charge in [0.15, 0.2) is 0 Å². The number of rotatable bonds is 1. The van der Waals surface area contributed by atoms with Crippen LogP contribution in [0.2, 0.25) is 0 Å². The highest BCUT2D eigenvalue weighted by atomic mass is 32.2. The molecule has 0 nitrogen and oxygen atoms in total. The second kappa shape index (κ2) is 3.69. The Morgan fingerprint density at radius 3 is 2.58 bits per heavy atom. The second-order valence-electron chi connectivity index (χ2n) is 2.94. The maximum Gasteiger partial charge on any atom is 0.0212 e. The summed E-state index contributed by atoms with van der Waals surface area (Å²) in [5, 5.41) is 3.13. The standard InChI is InChI=1S/C11H10S/c1-2-4-11(5-3-1)12-9-8-10-6-7-10/h1-5,10H,6-7H2. The molecule has 0 saturated heterocycles. The quantitative estimate of drug-likeness (QED) is 0.465. The van der Waals surface area contributed by atoms with Crippen molar-refractivity contribution in [3.63, 3.8) is 0 Å². The molecule has 0 spiro atoms. The molecule has 0 N–H and O–H groups in total. The van der Waals surface area contributed by atoms with Crippen LogP contribution in [-0.4, -0.2) is 0 Å². The number of benzene rings is 1. The normalized spacial score (nSPS) is 15.0. The van der Waals surface area contributed by atoms with Crippen molar-refractivity contribution < 1.29 is 0 Å². The van der Waals surface area contributed by atoms with E-state index in [4.69, 9.17) is 0 Å². The average Bonchev–Trinajstić information content (AvgIpc) is 2.90. The summed E-state index contributed by atoms with van der Waals surface area (Å²) in [5.74, 6) is 3.93. The van der Waals surface area contributed by atoms with Crippen LogP contribution < -0.4 is 0 Å². The molecule has 12 heavy (non-hydrogen) atoms. The molecule has 1 heteroatoms. The minimum atomic E-state index is 0.709. The van der Waals surface area contributed by atoms with Gasteiger partial charge in [-0.1, -0.05) is 24.1 Å². The van der Waals surface area contributed by atoms with Gasteiger partial charge in [-0.2, -0.15) is 0 Å². The molecule has 0 unspecified atom stereocenters. The summed E-state index contributed by atoms with van der Waals surface area (Å²) in [6.45, 7) is 0. The maximum atomic E-state index is 3.22. The van der Waals surface area contributed by atoms with Crippen LogP contribution in [0.5, 0.6) is 0 Å². The lowest BCUT2D eigenvalue weighted by Crippen LogP contribution is -1.65. The van der Waals surface area contributed by atoms with E-state index in [1.807, 2.05) is 18.2 Å². The van der Waals surface area contributed by atoms with E-state index < -0.39 is 0 Å². The summed E-state index contributed by atoms with van der Waals surface area (Å²) in [4.78, 5) is 1.24. The fourth-order valence-electron chi connectivity index (χ4n) is 0.888. The van der Waals surface area contributed by atoms with Crippen molar-refractivity contribution in [2.24, 2.45) is 5.92 Å². The second-order valence-corrected chi connectivity index (χ2v) is 3.82. The monoisotopic (exact) mass is 174 g/mol. The first-order valence-corrected chi connectivity index (χ1v) is 4.99. The molecule has 0 atom stereocenters. The van der Waals surface area contributed by atoms with Crippen LogP contribution in [0, 0.1) is 17.1 Å². The van der Waals surface area contributed by atoms with Crippen molar-refractivity contribution in [1.29, 1.82) is 0 Å². The Morgan fingerprint density at radius 1 is 1.17 bits per heavy atom. The van der Waals surface area contributed by atoms with E-state index in [0.717, 1.165) is 0 Å². The van der Waals surface area contributed by atoms with Gasteiger partial charge in [-0.05, 0) is 42.0 Å². The van der Waals surface area contributed by atoms with Crippen LogP contribution in [0.15, 0.2) is 35.2 Å². The van der Waals surface area contributed by atoms with E-state index >= 15 is 0 Å². The third kappa shape index (κ3) is 2.32. The predicted molar refractivity (Wildman–Crippen MR) is 52.8 cm³/mol. The van der Waals surface area contributed by atoms with Crippen molar-refractivity contribution >= 4 is 11.8 Å². The molecule has 0 aromatic heterocycles. The highest BCUT2D eigenvalue weighted by molar-refractivity contribution is 8.03. The van der Waals surface area contributed by atoms with Crippen LogP contribution in [0.1, 0.15) is 12.8 Å². The largest absolute Gasteiger partial charge is 0.0875 e. The summed E-state index contributed by atoms with van der Waals surface area (Å²) in [7, 11) is 0. The summed E-state index contributed by atoms with van der Waals surface area (Å²) in [6.07, 6.45) is 2.62. The Balaban J connectivity index is 1.92. The van der Waals surface area contributed by atoms with Gasteiger partial charge in [-0.3, -0.25) is 0 Å². The molecule has 1 aliphatic carbocycles. The molecule has 0 amide bonds. The van der Waals surface area contributed by atoms with E-state index in [-0.39, 0.29) is 0 Å². The molecule has 60 valence electrons. The van der Waals surface area contributed by atoms with Crippen molar-refractivity contribution in [3.05, 3.63) is 30.3 Å². The first-order valence-electron chi connectivity index (χ1n) is 4.17. The van der Waals surface area contributed by atoms with Crippen molar-refractivity contribution in [3.8, 4) is 11.2 Å². The third-order valence-corrected chi connectivity index (χ3v) is 2.48. The predicted octanol–water partition coefficient (Wildman–Crippen LogP) is 3.15. The Hall–Kier alpha value is -0.870. The molecule has 0 heterocycles. The maximum absolute atomic E-state index is 3.22. The van der Waals surface area contributed by atoms with Crippen LogP contribution in [0.4, 0.5) is 0 Å². The molecular weight excluding hydrogens is 164 g/mol. The number of hydrogen-bond acceptors (Lipinski definition) is 1. The Kier molecular flexibility index (Phi) is 2.39. The molecule has 1 saturated carbocycles. The van der Waals surface area contributed by atoms with Gasteiger partial charge in [0.1, 0.15) is 0 Å². The molecular formula is C11H10S. The molecule has 0 aliphatic heterocycles. The van der Waals surface area contributed by atoms with Gasteiger partial charge < -0.3 is 0 Å². The number of thioether (sulfide) groups is 1. The topological polar surface area (TPSA) is 0 Å². The summed E-state index contributed by atoms with van der Waals surface area (Å²) in [6, 6.07) is 10.3. The van der Waals surface area contributed by atoms with Gasteiger partial charge in [-0.15, -0.1) is 0 Å². The average molecular weight is 174 g/mol. The molecule has 1 aliphatic rings. The summed E-state index contributed by atoms with van der Waals surface area (Å²) >= 11 is 1.63. The summed E-state index contributed by atoms with van der Waals surface area (Å²) < 4.78 is 0. The van der Waals surface area contributed by atoms with Crippen LogP contribution in [0.25, 0.3) is 0 Å². The third-order valence-electron chi connectivity index (χ3n) is 1.75. The van der Waals surface area contributed by atoms with Crippen LogP contribution in [-0.2, 0) is 0 Å². The van der Waals surface area contributed by atoms with E-state index in [2.05, 4.69) is 23.3 Å². The van der Waals surface area contributed by atoms with Gasteiger partial charge in [0.25, 0.3) is 0 Å². The SMILES string of the molecule is C(#CC1CC1)Sc1ccccc1. The lowest BCUT2D eigenvalue weighted by atomic mass is 10.4. The smallest absolute Gasteiger partial charge is 0.0212 e. The molecule has 1 fully saturated rings. The van der Waals surface area contributed by atoms with Crippen LogP contribution in [0.3, 0.4) is 0 Å². The molecule has 1 aromatic carbocycles. The lowest BCUT2D eigenvalue weighted by Gasteiger charge is -1.89. The van der Waals surface area contributed by atoms with Gasteiger partial charge in [0.05, 0.1) is 0 Å². The first-order chi connectivity index (χ1) is 5.95. The minimum absolute atomic E-state index is 0.709. The highest BCUT2D eigenvalue weighted by Crippen LogP contribution is 2.28. The number of hydrogen-bond donors (Lipinski definition) is 0. The van der Waals surface area contributed by atoms with Crippen molar-refractivity contribution in [2.45, 2.75) is 17.7 Å². The minimum Gasteiger partial charge on any atom is -0.0875 e. The Bertz CT molecular complexity index is 301. The highest BCUT2D eigenvalue weighted by Gasteiger charge is 2.17. The summed E-state index contributed by atoms with van der Waals surface area (Å²) in [5.41, 5.74) is 0. The van der Waals surface area contributed by atoms with Crippen LogP contribution >= 0.6 is 11.8 Å². The zero-order valence-corrected chi connectivity index (χ0v) is 7.60. The van der Waals surface area contributed by atoms with E-state index in [9.17, 15) is 0 Å². The molecule has 2 rings (SSSR count). The van der Waals surface area contributed by atoms with E-state index in [0.29, 0.717) is 5.92 Å². The Morgan fingerprint density at radius 2 is 1.92 bits per heavy atom. The zero-order chi connectivity index (χ0) is 8.23. The Labute approximate surface area is 77.4 Å². The molecule has 0 bridgehead atoms. The van der Waals surface area contributed by atoms with Gasteiger partial charge >= 0.3 is 0 Å². The van der Waals surface area contributed by atoms with Crippen molar-refractivity contribution in [1.82, 2.24) is 0 Å². The lowest BCUT2D eigenvalue weighted by molar-refractivity contribution is 1.18. The van der Waals surface area contributed by atoms with Gasteiger partial charge in [0, 0.05) is 10.8 Å². The van der Waals surface area contributed by atoms with Gasteiger partial charge in [0.2, 0.25) is 0 Å². The first kappa shape index (κ1) is 7.76.